The molecule has 2 N–H and O–H groups in total. The van der Waals surface area contributed by atoms with E-state index in [2.05, 4.69) is 15.6 Å². The Morgan fingerprint density at radius 2 is 2.16 bits per heavy atom. The molecule has 0 aliphatic heterocycles. The molecule has 1 unspecified atom stereocenters. The topological polar surface area (TPSA) is 54.0 Å². The first-order valence-electron chi connectivity index (χ1n) is 5.64. The van der Waals surface area contributed by atoms with Crippen molar-refractivity contribution in [3.05, 3.63) is 30.1 Å². The van der Waals surface area contributed by atoms with Gasteiger partial charge in [0.25, 0.3) is 0 Å². The van der Waals surface area contributed by atoms with E-state index in [-0.39, 0.29) is 30.7 Å². The van der Waals surface area contributed by atoms with Crippen LogP contribution in [0.2, 0.25) is 0 Å². The number of amides is 1. The van der Waals surface area contributed by atoms with Gasteiger partial charge in [0.15, 0.2) is 0 Å². The van der Waals surface area contributed by atoms with Gasteiger partial charge in [-0.15, -0.1) is 36.6 Å². The normalized spacial score (nSPS) is 10.8. The molecule has 1 aromatic heterocycles. The van der Waals surface area contributed by atoms with E-state index in [0.29, 0.717) is 18.3 Å². The van der Waals surface area contributed by atoms with E-state index in [1.54, 1.807) is 18.0 Å². The second-order valence-electron chi connectivity index (χ2n) is 3.81. The molecule has 0 aromatic carbocycles. The van der Waals surface area contributed by atoms with Gasteiger partial charge in [0, 0.05) is 24.5 Å². The number of likely N-dealkylation sites (N-methyl/N-ethyl adjacent to an activating group) is 1. The third-order valence-corrected chi connectivity index (χ3v) is 3.27. The predicted molar refractivity (Wildman–Crippen MR) is 86.4 cm³/mol. The Morgan fingerprint density at radius 3 is 2.74 bits per heavy atom. The summed E-state index contributed by atoms with van der Waals surface area (Å²) in [5, 5.41) is 5.95. The van der Waals surface area contributed by atoms with Crippen molar-refractivity contribution in [1.82, 2.24) is 15.6 Å². The van der Waals surface area contributed by atoms with Gasteiger partial charge in [-0.2, -0.15) is 0 Å². The SMILES string of the molecule is CNC(C)CNC(=O)CSCc1ccccn1.Cl.Cl. The van der Waals surface area contributed by atoms with Crippen LogP contribution < -0.4 is 10.6 Å². The first-order valence-corrected chi connectivity index (χ1v) is 6.79. The summed E-state index contributed by atoms with van der Waals surface area (Å²) in [6.07, 6.45) is 1.77. The van der Waals surface area contributed by atoms with Crippen molar-refractivity contribution in [3.63, 3.8) is 0 Å². The van der Waals surface area contributed by atoms with E-state index in [9.17, 15) is 4.79 Å². The molecule has 0 radical (unpaired) electrons. The Kier molecular flexibility index (Phi) is 13.7. The molecule has 0 spiro atoms. The Hall–Kier alpha value is -0.490. The number of thioether (sulfide) groups is 1. The van der Waals surface area contributed by atoms with Crippen LogP contribution >= 0.6 is 36.6 Å². The Labute approximate surface area is 131 Å². The fraction of sp³-hybridized carbons (Fsp3) is 0.500. The third-order valence-electron chi connectivity index (χ3n) is 2.31. The summed E-state index contributed by atoms with van der Waals surface area (Å²) in [6, 6.07) is 6.12. The van der Waals surface area contributed by atoms with Gasteiger partial charge < -0.3 is 10.6 Å². The van der Waals surface area contributed by atoms with Crippen molar-refractivity contribution in [2.24, 2.45) is 0 Å². The number of hydrogen-bond acceptors (Lipinski definition) is 4. The van der Waals surface area contributed by atoms with Gasteiger partial charge in [0.05, 0.1) is 11.4 Å². The van der Waals surface area contributed by atoms with Crippen LogP contribution in [0.25, 0.3) is 0 Å². The van der Waals surface area contributed by atoms with Gasteiger partial charge in [-0.05, 0) is 26.1 Å². The highest BCUT2D eigenvalue weighted by Crippen LogP contribution is 2.08. The van der Waals surface area contributed by atoms with Crippen molar-refractivity contribution in [3.8, 4) is 0 Å². The number of hydrogen-bond donors (Lipinski definition) is 2. The van der Waals surface area contributed by atoms with Gasteiger partial charge in [0.2, 0.25) is 5.91 Å². The second kappa shape index (κ2) is 12.5. The molecule has 4 nitrogen and oxygen atoms in total. The lowest BCUT2D eigenvalue weighted by Gasteiger charge is -2.11. The molecule has 1 heterocycles. The van der Waals surface area contributed by atoms with Gasteiger partial charge in [0.1, 0.15) is 0 Å². The van der Waals surface area contributed by atoms with Gasteiger partial charge >= 0.3 is 0 Å². The summed E-state index contributed by atoms with van der Waals surface area (Å²) in [4.78, 5) is 15.7. The van der Waals surface area contributed by atoms with E-state index < -0.39 is 0 Å². The number of rotatable bonds is 7. The number of carbonyl (C=O) groups excluding carboxylic acids is 1. The zero-order valence-electron chi connectivity index (χ0n) is 11.1. The van der Waals surface area contributed by atoms with E-state index in [4.69, 9.17) is 0 Å². The maximum absolute atomic E-state index is 11.5. The highest BCUT2D eigenvalue weighted by atomic mass is 35.5. The van der Waals surface area contributed by atoms with Gasteiger partial charge in [-0.25, -0.2) is 0 Å². The molecule has 110 valence electrons. The highest BCUT2D eigenvalue weighted by molar-refractivity contribution is 7.99. The second-order valence-corrected chi connectivity index (χ2v) is 4.79. The number of nitrogens with one attached hydrogen (secondary N) is 2. The average molecular weight is 326 g/mol. The summed E-state index contributed by atoms with van der Waals surface area (Å²) in [5.41, 5.74) is 1.01. The molecule has 0 bridgehead atoms. The highest BCUT2D eigenvalue weighted by Gasteiger charge is 2.04. The molecule has 1 rings (SSSR count). The Balaban J connectivity index is 0. The molecule has 0 saturated carbocycles. The van der Waals surface area contributed by atoms with Crippen LogP contribution in [0.1, 0.15) is 12.6 Å². The van der Waals surface area contributed by atoms with Crippen LogP contribution in [-0.2, 0) is 10.5 Å². The predicted octanol–water partition coefficient (Wildman–Crippen LogP) is 1.88. The minimum absolute atomic E-state index is 0. The molecular weight excluding hydrogens is 305 g/mol. The summed E-state index contributed by atoms with van der Waals surface area (Å²) in [7, 11) is 1.88. The monoisotopic (exact) mass is 325 g/mol. The fourth-order valence-electron chi connectivity index (χ4n) is 1.15. The van der Waals surface area contributed by atoms with Gasteiger partial charge in [-0.3, -0.25) is 9.78 Å². The summed E-state index contributed by atoms with van der Waals surface area (Å²) < 4.78 is 0. The molecule has 0 saturated heterocycles. The van der Waals surface area contributed by atoms with Crippen molar-refractivity contribution >= 4 is 42.5 Å². The van der Waals surface area contributed by atoms with Crippen LogP contribution in [0, 0.1) is 0 Å². The van der Waals surface area contributed by atoms with Crippen molar-refractivity contribution in [2.75, 3.05) is 19.3 Å². The summed E-state index contributed by atoms with van der Waals surface area (Å²) in [5.74, 6) is 1.33. The van der Waals surface area contributed by atoms with E-state index in [1.807, 2.05) is 32.2 Å². The van der Waals surface area contributed by atoms with Gasteiger partial charge in [-0.1, -0.05) is 6.07 Å². The lowest BCUT2D eigenvalue weighted by molar-refractivity contribution is -0.118. The molecule has 0 fully saturated rings. The van der Waals surface area contributed by atoms with Crippen molar-refractivity contribution in [2.45, 2.75) is 18.7 Å². The Morgan fingerprint density at radius 1 is 1.42 bits per heavy atom. The number of aromatic nitrogens is 1. The quantitative estimate of drug-likeness (QED) is 0.803. The molecule has 0 aliphatic rings. The molecule has 1 atom stereocenters. The smallest absolute Gasteiger partial charge is 0.230 e. The molecule has 0 aliphatic carbocycles. The summed E-state index contributed by atoms with van der Waals surface area (Å²) >= 11 is 1.58. The lowest BCUT2D eigenvalue weighted by Crippen LogP contribution is -2.37. The van der Waals surface area contributed by atoms with E-state index >= 15 is 0 Å². The maximum Gasteiger partial charge on any atom is 0.230 e. The first-order chi connectivity index (χ1) is 8.22. The van der Waals surface area contributed by atoms with Crippen molar-refractivity contribution < 1.29 is 4.79 Å². The molecule has 1 aromatic rings. The fourth-order valence-corrected chi connectivity index (χ4v) is 1.92. The maximum atomic E-state index is 11.5. The minimum atomic E-state index is 0. The number of halogens is 2. The zero-order chi connectivity index (χ0) is 12.5. The van der Waals surface area contributed by atoms with Crippen LogP contribution in [-0.4, -0.2) is 36.3 Å². The minimum Gasteiger partial charge on any atom is -0.354 e. The first kappa shape index (κ1) is 20.8. The molecule has 1 amide bonds. The largest absolute Gasteiger partial charge is 0.354 e. The number of carbonyl (C=O) groups is 1. The summed E-state index contributed by atoms with van der Waals surface area (Å²) in [6.45, 7) is 2.70. The Bertz CT molecular complexity index is 341. The number of pyridine rings is 1. The molecular formula is C12H21Cl2N3OS. The van der Waals surface area contributed by atoms with Crippen molar-refractivity contribution in [1.29, 1.82) is 0 Å². The average Bonchev–Trinajstić information content (AvgIpc) is 2.37. The molecule has 7 heteroatoms. The third kappa shape index (κ3) is 10.0. The standard InChI is InChI=1S/C12H19N3OS.2ClH/c1-10(13-2)7-15-12(16)9-17-8-11-5-3-4-6-14-11;;/h3-6,10,13H,7-9H2,1-2H3,(H,15,16);2*1H. The van der Waals surface area contributed by atoms with E-state index in [0.717, 1.165) is 11.4 Å². The van der Waals surface area contributed by atoms with Crippen LogP contribution in [0.5, 0.6) is 0 Å². The van der Waals surface area contributed by atoms with Crippen LogP contribution in [0.3, 0.4) is 0 Å². The zero-order valence-corrected chi connectivity index (χ0v) is 13.5. The number of nitrogens with zero attached hydrogens (tertiary/aromatic N) is 1. The van der Waals surface area contributed by atoms with E-state index in [1.165, 1.54) is 0 Å². The van der Waals surface area contributed by atoms with Crippen LogP contribution in [0.15, 0.2) is 24.4 Å². The lowest BCUT2D eigenvalue weighted by atomic mass is 10.3. The van der Waals surface area contributed by atoms with Crippen LogP contribution in [0.4, 0.5) is 0 Å². The molecule has 19 heavy (non-hydrogen) atoms.